The van der Waals surface area contributed by atoms with Gasteiger partial charge in [-0.25, -0.2) is 9.59 Å². The minimum absolute atomic E-state index is 0.231. The SMILES string of the molecule is CCOC(Cc1ccc(OCCN(CCCCC2CCCCC2)C(=O)OCCOC)cc1)C(=O)O. The number of carboxylic acid groups (broad SMARTS) is 1. The van der Waals surface area contributed by atoms with E-state index in [9.17, 15) is 14.7 Å². The topological polar surface area (TPSA) is 94.5 Å². The van der Waals surface area contributed by atoms with Crippen LogP contribution in [0.25, 0.3) is 0 Å². The minimum atomic E-state index is -0.969. The molecule has 1 aliphatic carbocycles. The van der Waals surface area contributed by atoms with Crippen molar-refractivity contribution in [3.8, 4) is 5.75 Å². The van der Waals surface area contributed by atoms with Gasteiger partial charge < -0.3 is 29.0 Å². The summed E-state index contributed by atoms with van der Waals surface area (Å²) < 4.78 is 21.4. The van der Waals surface area contributed by atoms with Crippen molar-refractivity contribution in [1.29, 1.82) is 0 Å². The molecule has 0 aliphatic heterocycles. The van der Waals surface area contributed by atoms with Crippen molar-refractivity contribution in [3.63, 3.8) is 0 Å². The Kier molecular flexibility index (Phi) is 14.2. The number of carbonyl (C=O) groups is 2. The number of hydrogen-bond donors (Lipinski definition) is 1. The summed E-state index contributed by atoms with van der Waals surface area (Å²) in [5.74, 6) is 0.543. The Morgan fingerprint density at radius 2 is 1.77 bits per heavy atom. The van der Waals surface area contributed by atoms with Crippen LogP contribution in [-0.2, 0) is 25.4 Å². The maximum Gasteiger partial charge on any atom is 0.409 e. The first-order valence-electron chi connectivity index (χ1n) is 13.0. The van der Waals surface area contributed by atoms with Gasteiger partial charge in [-0.05, 0) is 37.0 Å². The number of carboxylic acids is 1. The number of benzene rings is 1. The standard InChI is InChI=1S/C27H43NO7/c1-3-33-25(26(29)30)21-23-12-14-24(15-13-23)34-18-17-28(27(31)35-20-19-32-2)16-8-7-11-22-9-5-4-6-10-22/h12-15,22,25H,3-11,16-21H2,1-2H3,(H,29,30). The van der Waals surface area contributed by atoms with Crippen molar-refractivity contribution in [2.45, 2.75) is 70.8 Å². The molecule has 1 aliphatic rings. The zero-order valence-electron chi connectivity index (χ0n) is 21.4. The van der Waals surface area contributed by atoms with Crippen LogP contribution in [0.5, 0.6) is 5.75 Å². The number of hydrogen-bond acceptors (Lipinski definition) is 6. The molecule has 8 nitrogen and oxygen atoms in total. The lowest BCUT2D eigenvalue weighted by Crippen LogP contribution is -2.36. The smallest absolute Gasteiger partial charge is 0.409 e. The number of methoxy groups -OCH3 is 1. The fourth-order valence-corrected chi connectivity index (χ4v) is 4.44. The molecule has 1 fully saturated rings. The lowest BCUT2D eigenvalue weighted by atomic mass is 9.86. The molecule has 1 saturated carbocycles. The van der Waals surface area contributed by atoms with Gasteiger partial charge in [0.15, 0.2) is 6.10 Å². The maximum atomic E-state index is 12.5. The van der Waals surface area contributed by atoms with E-state index in [0.717, 1.165) is 24.3 Å². The molecule has 0 saturated heterocycles. The highest BCUT2D eigenvalue weighted by Crippen LogP contribution is 2.27. The number of aliphatic carboxylic acids is 1. The number of nitrogens with zero attached hydrogens (tertiary/aromatic N) is 1. The first kappa shape index (κ1) is 28.9. The van der Waals surface area contributed by atoms with E-state index in [-0.39, 0.29) is 12.7 Å². The monoisotopic (exact) mass is 493 g/mol. The molecular weight excluding hydrogens is 450 g/mol. The Balaban J connectivity index is 1.79. The number of carbonyl (C=O) groups excluding carboxylic acids is 1. The fourth-order valence-electron chi connectivity index (χ4n) is 4.44. The zero-order chi connectivity index (χ0) is 25.3. The Morgan fingerprint density at radius 3 is 2.43 bits per heavy atom. The molecule has 1 N–H and O–H groups in total. The number of unbranched alkanes of at least 4 members (excludes halogenated alkanes) is 1. The third-order valence-corrected chi connectivity index (χ3v) is 6.40. The lowest BCUT2D eigenvalue weighted by molar-refractivity contribution is -0.149. The van der Waals surface area contributed by atoms with Gasteiger partial charge in [-0.2, -0.15) is 0 Å². The minimum Gasteiger partial charge on any atom is -0.492 e. The molecule has 0 heterocycles. The summed E-state index contributed by atoms with van der Waals surface area (Å²) in [4.78, 5) is 25.5. The van der Waals surface area contributed by atoms with Gasteiger partial charge in [-0.1, -0.05) is 57.1 Å². The van der Waals surface area contributed by atoms with E-state index in [1.165, 1.54) is 38.5 Å². The summed E-state index contributed by atoms with van der Waals surface area (Å²) in [7, 11) is 1.58. The molecule has 1 atom stereocenters. The van der Waals surface area contributed by atoms with Crippen LogP contribution in [0.3, 0.4) is 0 Å². The maximum absolute atomic E-state index is 12.5. The van der Waals surface area contributed by atoms with Crippen LogP contribution in [0.2, 0.25) is 0 Å². The van der Waals surface area contributed by atoms with Crippen LogP contribution < -0.4 is 4.74 Å². The zero-order valence-corrected chi connectivity index (χ0v) is 21.4. The molecule has 1 aromatic rings. The largest absolute Gasteiger partial charge is 0.492 e. The van der Waals surface area contributed by atoms with Crippen molar-refractivity contribution < 1.29 is 33.6 Å². The fraction of sp³-hybridized carbons (Fsp3) is 0.704. The highest BCUT2D eigenvalue weighted by atomic mass is 16.6. The van der Waals surface area contributed by atoms with E-state index >= 15 is 0 Å². The van der Waals surface area contributed by atoms with Gasteiger partial charge in [0.1, 0.15) is 19.0 Å². The number of amides is 1. The molecule has 35 heavy (non-hydrogen) atoms. The molecule has 0 bridgehead atoms. The van der Waals surface area contributed by atoms with E-state index in [2.05, 4.69) is 0 Å². The van der Waals surface area contributed by atoms with Gasteiger partial charge in [0.05, 0.1) is 13.2 Å². The summed E-state index contributed by atoms with van der Waals surface area (Å²) in [6, 6.07) is 7.30. The van der Waals surface area contributed by atoms with Crippen molar-refractivity contribution >= 4 is 12.1 Å². The van der Waals surface area contributed by atoms with Gasteiger partial charge in [0.25, 0.3) is 0 Å². The van der Waals surface area contributed by atoms with Crippen molar-refractivity contribution in [3.05, 3.63) is 29.8 Å². The Bertz CT molecular complexity index is 719. The Hall–Kier alpha value is -2.32. The van der Waals surface area contributed by atoms with Crippen molar-refractivity contribution in [1.82, 2.24) is 4.90 Å². The van der Waals surface area contributed by atoms with Crippen molar-refractivity contribution in [2.24, 2.45) is 5.92 Å². The molecule has 0 radical (unpaired) electrons. The van der Waals surface area contributed by atoms with Gasteiger partial charge in [-0.3, -0.25) is 0 Å². The average molecular weight is 494 g/mol. The molecule has 198 valence electrons. The second-order valence-corrected chi connectivity index (χ2v) is 9.07. The second kappa shape index (κ2) is 17.2. The summed E-state index contributed by atoms with van der Waals surface area (Å²) in [6.45, 7) is 4.16. The number of ether oxygens (including phenoxy) is 4. The van der Waals surface area contributed by atoms with Gasteiger partial charge in [0, 0.05) is 26.7 Å². The van der Waals surface area contributed by atoms with Crippen LogP contribution in [0, 0.1) is 5.92 Å². The van der Waals surface area contributed by atoms with Crippen LogP contribution in [0.15, 0.2) is 24.3 Å². The quantitative estimate of drug-likeness (QED) is 0.307. The predicted molar refractivity (Wildman–Crippen MR) is 134 cm³/mol. The average Bonchev–Trinajstić information content (AvgIpc) is 2.86. The lowest BCUT2D eigenvalue weighted by Gasteiger charge is -2.24. The third kappa shape index (κ3) is 11.8. The van der Waals surface area contributed by atoms with E-state index in [1.807, 2.05) is 24.3 Å². The highest BCUT2D eigenvalue weighted by Gasteiger charge is 2.19. The molecule has 1 aromatic carbocycles. The van der Waals surface area contributed by atoms with Crippen LogP contribution >= 0.6 is 0 Å². The Labute approximate surface area is 209 Å². The molecular formula is C27H43NO7. The van der Waals surface area contributed by atoms with E-state index in [1.54, 1.807) is 18.9 Å². The summed E-state index contributed by atoms with van der Waals surface area (Å²) in [5.41, 5.74) is 0.861. The first-order valence-corrected chi connectivity index (χ1v) is 13.0. The van der Waals surface area contributed by atoms with E-state index in [0.29, 0.717) is 45.1 Å². The normalized spacial score (nSPS) is 14.9. The number of rotatable bonds is 17. The van der Waals surface area contributed by atoms with Gasteiger partial charge in [-0.15, -0.1) is 0 Å². The Morgan fingerprint density at radius 1 is 1.03 bits per heavy atom. The van der Waals surface area contributed by atoms with Crippen LogP contribution in [0.1, 0.15) is 63.9 Å². The molecule has 8 heteroatoms. The third-order valence-electron chi connectivity index (χ3n) is 6.40. The van der Waals surface area contributed by atoms with Crippen LogP contribution in [-0.4, -0.2) is 74.8 Å². The van der Waals surface area contributed by atoms with Gasteiger partial charge >= 0.3 is 12.1 Å². The molecule has 2 rings (SSSR count). The first-order chi connectivity index (χ1) is 17.0. The molecule has 1 unspecified atom stereocenters. The van der Waals surface area contributed by atoms with Crippen molar-refractivity contribution in [2.75, 3.05) is 46.6 Å². The summed E-state index contributed by atoms with van der Waals surface area (Å²) >= 11 is 0. The van der Waals surface area contributed by atoms with Crippen LogP contribution in [0.4, 0.5) is 4.79 Å². The van der Waals surface area contributed by atoms with Gasteiger partial charge in [0.2, 0.25) is 0 Å². The summed E-state index contributed by atoms with van der Waals surface area (Å²) in [5, 5.41) is 9.25. The van der Waals surface area contributed by atoms with E-state index < -0.39 is 12.1 Å². The predicted octanol–water partition coefficient (Wildman–Crippen LogP) is 4.93. The van der Waals surface area contributed by atoms with E-state index in [4.69, 9.17) is 18.9 Å². The molecule has 1 amide bonds. The summed E-state index contributed by atoms with van der Waals surface area (Å²) in [6.07, 6.45) is 9.18. The second-order valence-electron chi connectivity index (χ2n) is 9.07. The molecule has 0 aromatic heterocycles. The molecule has 0 spiro atoms. The highest BCUT2D eigenvalue weighted by molar-refractivity contribution is 5.72.